The number of allylic oxidation sites excluding steroid dienone is 14. The predicted octanol–water partition coefficient (Wildman–Crippen LogP) is 14.2. The first kappa shape index (κ1) is 36.4. The lowest BCUT2D eigenvalue weighted by molar-refractivity contribution is 1.08. The molecule has 1 aliphatic carbocycles. The van der Waals surface area contributed by atoms with Gasteiger partial charge in [0.05, 0.1) is 11.4 Å². The van der Waals surface area contributed by atoms with Gasteiger partial charge in [-0.15, -0.1) is 0 Å². The van der Waals surface area contributed by atoms with Gasteiger partial charge in [0.1, 0.15) is 0 Å². The smallest absolute Gasteiger partial charge is 0.0537 e. The average molecular weight is 664 g/mol. The van der Waals surface area contributed by atoms with E-state index in [1.165, 1.54) is 27.8 Å². The summed E-state index contributed by atoms with van der Waals surface area (Å²) in [5.41, 5.74) is 16.2. The normalized spacial score (nSPS) is 14.4. The molecule has 1 heteroatoms. The lowest BCUT2D eigenvalue weighted by Crippen LogP contribution is -2.04. The van der Waals surface area contributed by atoms with Gasteiger partial charge in [-0.3, -0.25) is 0 Å². The minimum Gasteiger partial charge on any atom is -0.310 e. The number of benzene rings is 3. The number of nitrogens with zero attached hydrogens (tertiary/aromatic N) is 1. The lowest BCUT2D eigenvalue weighted by Gasteiger charge is -2.23. The quantitative estimate of drug-likeness (QED) is 0.125. The lowest BCUT2D eigenvalue weighted by atomic mass is 9.80. The molecule has 1 aromatic heterocycles. The summed E-state index contributed by atoms with van der Waals surface area (Å²) in [6.07, 6.45) is 33.6. The van der Waals surface area contributed by atoms with Gasteiger partial charge in [0, 0.05) is 16.8 Å². The summed E-state index contributed by atoms with van der Waals surface area (Å²) in [6.45, 7) is 21.4. The third kappa shape index (κ3) is 8.28. The molecule has 0 saturated heterocycles. The fourth-order valence-corrected chi connectivity index (χ4v) is 6.74. The molecule has 51 heavy (non-hydrogen) atoms. The van der Waals surface area contributed by atoms with E-state index in [1.807, 2.05) is 44.2 Å². The highest BCUT2D eigenvalue weighted by molar-refractivity contribution is 5.91. The second-order valence-corrected chi connectivity index (χ2v) is 12.4. The zero-order valence-electron chi connectivity index (χ0n) is 30.6. The first-order valence-electron chi connectivity index (χ1n) is 17.8. The first-order chi connectivity index (χ1) is 25.0. The zero-order chi connectivity index (χ0) is 36.2. The molecule has 1 heterocycles. The van der Waals surface area contributed by atoms with E-state index in [-0.39, 0.29) is 0 Å². The van der Waals surface area contributed by atoms with Crippen LogP contribution in [0.3, 0.4) is 0 Å². The molecule has 0 fully saturated rings. The molecule has 254 valence electrons. The summed E-state index contributed by atoms with van der Waals surface area (Å²) in [4.78, 5) is 0. The minimum atomic E-state index is 0.963. The van der Waals surface area contributed by atoms with Crippen molar-refractivity contribution in [1.29, 1.82) is 0 Å². The molecule has 0 amide bonds. The van der Waals surface area contributed by atoms with Crippen LogP contribution in [0.15, 0.2) is 159 Å². The highest BCUT2D eigenvalue weighted by Gasteiger charge is 2.20. The van der Waals surface area contributed by atoms with Crippen molar-refractivity contribution < 1.29 is 0 Å². The average Bonchev–Trinajstić information content (AvgIpc) is 3.46. The second kappa shape index (κ2) is 17.7. The summed E-state index contributed by atoms with van der Waals surface area (Å²) >= 11 is 0. The Morgan fingerprint density at radius 2 is 1.51 bits per heavy atom. The van der Waals surface area contributed by atoms with E-state index in [0.29, 0.717) is 0 Å². The molecule has 1 aliphatic rings. The Morgan fingerprint density at radius 1 is 0.725 bits per heavy atom. The maximum absolute atomic E-state index is 4.54. The summed E-state index contributed by atoms with van der Waals surface area (Å²) in [7, 11) is 0. The Bertz CT molecular complexity index is 2160. The molecule has 0 radical (unpaired) electrons. The molecular formula is C50H49N. The maximum atomic E-state index is 4.54. The van der Waals surface area contributed by atoms with Crippen LogP contribution >= 0.6 is 0 Å². The molecule has 0 bridgehead atoms. The molecule has 0 N–H and O–H groups in total. The van der Waals surface area contributed by atoms with Crippen LogP contribution in [0.25, 0.3) is 58.4 Å². The minimum absolute atomic E-state index is 0.963. The van der Waals surface area contributed by atoms with Crippen LogP contribution in [0, 0.1) is 0 Å². The van der Waals surface area contributed by atoms with E-state index in [0.717, 1.165) is 63.3 Å². The third-order valence-corrected chi connectivity index (χ3v) is 9.08. The van der Waals surface area contributed by atoms with Crippen LogP contribution in [0.2, 0.25) is 0 Å². The number of hydrogen-bond acceptors (Lipinski definition) is 0. The van der Waals surface area contributed by atoms with E-state index in [9.17, 15) is 0 Å². The molecule has 0 unspecified atom stereocenters. The van der Waals surface area contributed by atoms with Gasteiger partial charge in [0.15, 0.2) is 0 Å². The SMILES string of the molecule is C=Cc1c(/C=C/C(/C=C\C)=C/C(=C)c2ccc3c(c2)-c2ccccc2C/C3=C\CC)c(C=C)n(C(/C=C\C=C\c2ccccc2)=C/C)c1/C=C\C. The van der Waals surface area contributed by atoms with E-state index in [4.69, 9.17) is 0 Å². The number of hydrogen-bond donors (Lipinski definition) is 0. The van der Waals surface area contributed by atoms with E-state index in [2.05, 4.69) is 172 Å². The van der Waals surface area contributed by atoms with E-state index >= 15 is 0 Å². The van der Waals surface area contributed by atoms with Gasteiger partial charge in [-0.2, -0.15) is 0 Å². The van der Waals surface area contributed by atoms with Crippen LogP contribution in [-0.2, 0) is 6.42 Å². The van der Waals surface area contributed by atoms with Crippen molar-refractivity contribution in [3.63, 3.8) is 0 Å². The highest BCUT2D eigenvalue weighted by atomic mass is 15.0. The molecule has 5 rings (SSSR count). The second-order valence-electron chi connectivity index (χ2n) is 12.4. The van der Waals surface area contributed by atoms with Crippen molar-refractivity contribution in [2.75, 3.05) is 0 Å². The Labute approximate surface area is 306 Å². The fourth-order valence-electron chi connectivity index (χ4n) is 6.74. The van der Waals surface area contributed by atoms with Crippen LogP contribution < -0.4 is 0 Å². The van der Waals surface area contributed by atoms with Crippen LogP contribution in [0.5, 0.6) is 0 Å². The zero-order valence-corrected chi connectivity index (χ0v) is 30.6. The molecule has 0 atom stereocenters. The topological polar surface area (TPSA) is 4.93 Å². The number of rotatable bonds is 13. The summed E-state index contributed by atoms with van der Waals surface area (Å²) in [5, 5.41) is 0. The van der Waals surface area contributed by atoms with Crippen molar-refractivity contribution in [3.8, 4) is 11.1 Å². The van der Waals surface area contributed by atoms with Gasteiger partial charge in [-0.1, -0.05) is 160 Å². The highest BCUT2D eigenvalue weighted by Crippen LogP contribution is 2.41. The van der Waals surface area contributed by atoms with Gasteiger partial charge in [0.25, 0.3) is 0 Å². The largest absolute Gasteiger partial charge is 0.310 e. The van der Waals surface area contributed by atoms with Crippen molar-refractivity contribution in [2.24, 2.45) is 0 Å². The van der Waals surface area contributed by atoms with Crippen LogP contribution in [0.1, 0.15) is 78.9 Å². The molecule has 0 saturated carbocycles. The van der Waals surface area contributed by atoms with Gasteiger partial charge < -0.3 is 4.57 Å². The van der Waals surface area contributed by atoms with Gasteiger partial charge in [-0.25, -0.2) is 0 Å². The van der Waals surface area contributed by atoms with Crippen molar-refractivity contribution in [1.82, 2.24) is 4.57 Å². The Morgan fingerprint density at radius 3 is 2.22 bits per heavy atom. The monoisotopic (exact) mass is 663 g/mol. The molecule has 1 nitrogen and oxygen atoms in total. The van der Waals surface area contributed by atoms with Crippen molar-refractivity contribution in [2.45, 2.75) is 40.5 Å². The van der Waals surface area contributed by atoms with E-state index < -0.39 is 0 Å². The fraction of sp³-hybridized carbons (Fsp3) is 0.120. The van der Waals surface area contributed by atoms with Crippen molar-refractivity contribution in [3.05, 3.63) is 204 Å². The molecule has 0 aliphatic heterocycles. The standard InChI is InChI=1S/C50H49N/c1-8-21-39(34-37(7)40-31-33-46-41(22-9-2)35-42-27-18-20-29-45(42)48(46)36-40)30-32-47-44(12-5)50(23-10-3)51(49(47)13-6)43(11-4)28-19-17-26-38-24-15-14-16-25-38/h8,10-34,36H,5-7,9,35H2,1-4H3/b21-8-,23-10-,26-17+,28-19-,32-30+,39-34+,41-22+,43-11+. The molecular weight excluding hydrogens is 615 g/mol. The summed E-state index contributed by atoms with van der Waals surface area (Å²) in [6, 6.07) is 25.9. The Kier molecular flexibility index (Phi) is 12.6. The first-order valence-corrected chi connectivity index (χ1v) is 17.8. The van der Waals surface area contributed by atoms with E-state index in [1.54, 1.807) is 0 Å². The Balaban J connectivity index is 1.52. The summed E-state index contributed by atoms with van der Waals surface area (Å²) < 4.78 is 2.25. The molecule has 3 aromatic carbocycles. The maximum Gasteiger partial charge on any atom is 0.0537 e. The number of fused-ring (bicyclic) bond motifs is 3. The Hall–Kier alpha value is -5.92. The van der Waals surface area contributed by atoms with Crippen molar-refractivity contribution >= 4 is 47.2 Å². The van der Waals surface area contributed by atoms with Crippen LogP contribution in [-0.4, -0.2) is 4.57 Å². The molecule has 4 aromatic rings. The predicted molar refractivity (Wildman–Crippen MR) is 229 cm³/mol. The third-order valence-electron chi connectivity index (χ3n) is 9.08. The van der Waals surface area contributed by atoms with Gasteiger partial charge >= 0.3 is 0 Å². The molecule has 0 spiro atoms. The van der Waals surface area contributed by atoms with Crippen LogP contribution in [0.4, 0.5) is 0 Å². The number of aromatic nitrogens is 1. The summed E-state index contributed by atoms with van der Waals surface area (Å²) in [5.74, 6) is 0. The van der Waals surface area contributed by atoms with Gasteiger partial charge in [0.2, 0.25) is 0 Å². The van der Waals surface area contributed by atoms with Gasteiger partial charge in [-0.05, 0) is 114 Å².